The number of sulfone groups is 1. The minimum atomic E-state index is -3.69. The van der Waals surface area contributed by atoms with Gasteiger partial charge in [-0.05, 0) is 41.8 Å². The molecule has 0 aliphatic carbocycles. The molecule has 0 saturated carbocycles. The Labute approximate surface area is 447 Å². The van der Waals surface area contributed by atoms with E-state index in [-0.39, 0.29) is 74.1 Å². The summed E-state index contributed by atoms with van der Waals surface area (Å²) < 4.78 is 65.6. The Hall–Kier alpha value is -8.06. The molecular formula is C50H52N6O22S. The number of fused-ring (bicyclic) bond motifs is 6. The number of imide groups is 1. The van der Waals surface area contributed by atoms with Crippen LogP contribution in [0.25, 0.3) is 22.3 Å². The molecule has 0 bridgehead atoms. The molecule has 0 spiro atoms. The highest BCUT2D eigenvalue weighted by Gasteiger charge is 2.49. The third kappa shape index (κ3) is 11.2. The van der Waals surface area contributed by atoms with Gasteiger partial charge in [0.2, 0.25) is 24.9 Å². The van der Waals surface area contributed by atoms with E-state index < -0.39 is 126 Å². The van der Waals surface area contributed by atoms with E-state index in [0.29, 0.717) is 44.9 Å². The fraction of sp³-hybridized carbons (Fsp3) is 0.420. The monoisotopic (exact) mass is 1120 g/mol. The highest BCUT2D eigenvalue weighted by molar-refractivity contribution is 7.90. The standard InChI is InChI=1S/C50H52N6O22S/c1-4-50(69)29-15-32-40-26(17-56(32)45(64)28(29)21-73-48(50)67)27(25-14-34-35(76-23-75-34)16-30(25)52-40)20-72-22-54(11-12-79(3,70)71)49(68)74-19-24-5-6-33(77-47-43(63)41(61)42(62)44(78-47)46(65)66)31(13-24)51-36(57)18-53(2)37(58)9-10-55-38(59)7-8-39(55)60/h5-8,13-16,41-44,47,61-63,69H,4,9-12,17-23H2,1-3H3,(H,51,57)(H,65,66)/t41?,42-,43?,44?,47-,50-/m1/s1. The number of aromatic nitrogens is 2. The number of nitrogens with one attached hydrogen (secondary N) is 1. The zero-order valence-corrected chi connectivity index (χ0v) is 43.1. The highest BCUT2D eigenvalue weighted by Crippen LogP contribution is 2.43. The molecule has 3 unspecified atom stereocenters. The van der Waals surface area contributed by atoms with Crippen LogP contribution >= 0.6 is 0 Å². The van der Waals surface area contributed by atoms with Crippen LogP contribution in [0.4, 0.5) is 10.5 Å². The maximum atomic E-state index is 14.1. The Bertz CT molecular complexity index is 3400. The van der Waals surface area contributed by atoms with Gasteiger partial charge in [0.15, 0.2) is 23.2 Å². The van der Waals surface area contributed by atoms with Gasteiger partial charge in [-0.2, -0.15) is 0 Å². The number of carboxylic acids is 1. The SMILES string of the molecule is CC[C@]1(O)C(=O)OCc2c1cc1n(c2=O)Cc2c-1nc1cc3c(cc1c2COCN(CCS(C)(=O)=O)C(=O)OCc1ccc(O[C@@H]2OC(C(=O)O)[C@H](O)C(O)C2O)c(NC(=O)CN(C)C(=O)CCN2C(=O)C=CC2=O)c1)OCO3. The first-order chi connectivity index (χ1) is 37.5. The van der Waals surface area contributed by atoms with Crippen molar-refractivity contribution in [2.24, 2.45) is 0 Å². The first-order valence-corrected chi connectivity index (χ1v) is 26.4. The van der Waals surface area contributed by atoms with E-state index in [9.17, 15) is 72.3 Å². The number of carbonyl (C=O) groups is 7. The second-order valence-corrected chi connectivity index (χ2v) is 21.3. The van der Waals surface area contributed by atoms with Crippen molar-refractivity contribution in [2.75, 3.05) is 57.5 Å². The molecule has 5 amide bonds. The Morgan fingerprint density at radius 2 is 1.66 bits per heavy atom. The summed E-state index contributed by atoms with van der Waals surface area (Å²) in [6, 6.07) is 8.61. The van der Waals surface area contributed by atoms with Crippen molar-refractivity contribution >= 4 is 68.1 Å². The minimum absolute atomic E-state index is 0.0300. The van der Waals surface area contributed by atoms with Crippen LogP contribution < -0.4 is 25.1 Å². The predicted octanol–water partition coefficient (Wildman–Crippen LogP) is -1.05. The predicted molar refractivity (Wildman–Crippen MR) is 265 cm³/mol. The van der Waals surface area contributed by atoms with Crippen molar-refractivity contribution in [1.29, 1.82) is 0 Å². The lowest BCUT2D eigenvalue weighted by molar-refractivity contribution is -0.271. The molecule has 0 radical (unpaired) electrons. The normalized spacial score (nSPS) is 21.8. The van der Waals surface area contributed by atoms with Gasteiger partial charge in [0, 0.05) is 67.5 Å². The smallest absolute Gasteiger partial charge is 0.411 e. The number of hydrogen-bond donors (Lipinski definition) is 6. The summed E-state index contributed by atoms with van der Waals surface area (Å²) >= 11 is 0. The van der Waals surface area contributed by atoms with Crippen molar-refractivity contribution < 1.29 is 101 Å². The van der Waals surface area contributed by atoms with Crippen molar-refractivity contribution in [1.82, 2.24) is 24.3 Å². The zero-order chi connectivity index (χ0) is 56.8. The topological polar surface area (TPSA) is 376 Å². The maximum absolute atomic E-state index is 14.1. The van der Waals surface area contributed by atoms with Gasteiger partial charge in [-0.1, -0.05) is 13.0 Å². The average molecular weight is 1120 g/mol. The Kier molecular flexibility index (Phi) is 15.5. The third-order valence-electron chi connectivity index (χ3n) is 13.8. The number of rotatable bonds is 19. The van der Waals surface area contributed by atoms with Crippen LogP contribution in [0.1, 0.15) is 47.6 Å². The number of cyclic esters (lactones) is 1. The van der Waals surface area contributed by atoms with E-state index in [1.807, 2.05) is 0 Å². The lowest BCUT2D eigenvalue weighted by Gasteiger charge is -2.38. The van der Waals surface area contributed by atoms with Gasteiger partial charge < -0.3 is 73.5 Å². The van der Waals surface area contributed by atoms with E-state index >= 15 is 0 Å². The van der Waals surface area contributed by atoms with Crippen molar-refractivity contribution in [3.8, 4) is 28.6 Å². The van der Waals surface area contributed by atoms with Gasteiger partial charge in [-0.15, -0.1) is 0 Å². The number of benzene rings is 2. The number of anilines is 1. The summed E-state index contributed by atoms with van der Waals surface area (Å²) in [7, 11) is -2.42. The fourth-order valence-corrected chi connectivity index (χ4v) is 9.93. The van der Waals surface area contributed by atoms with Gasteiger partial charge in [-0.25, -0.2) is 27.8 Å². The molecule has 7 heterocycles. The number of carboxylic acid groups (broad SMARTS) is 1. The lowest BCUT2D eigenvalue weighted by Crippen LogP contribution is -2.61. The highest BCUT2D eigenvalue weighted by atomic mass is 32.2. The Morgan fingerprint density at radius 1 is 0.937 bits per heavy atom. The number of pyridine rings is 2. The van der Waals surface area contributed by atoms with E-state index in [0.717, 1.165) is 33.1 Å². The van der Waals surface area contributed by atoms with E-state index in [1.165, 1.54) is 29.8 Å². The van der Waals surface area contributed by atoms with Crippen molar-refractivity contribution in [3.63, 3.8) is 0 Å². The summed E-state index contributed by atoms with van der Waals surface area (Å²) in [5.74, 6) is -5.39. The molecule has 6 N–H and O–H groups in total. The third-order valence-corrected chi connectivity index (χ3v) is 14.7. The second kappa shape index (κ2) is 22.0. The van der Waals surface area contributed by atoms with Crippen LogP contribution in [0.5, 0.6) is 17.2 Å². The number of aliphatic carboxylic acids is 1. The van der Waals surface area contributed by atoms with Crippen molar-refractivity contribution in [3.05, 3.63) is 86.7 Å². The van der Waals surface area contributed by atoms with Crippen LogP contribution in [0.15, 0.2) is 53.3 Å². The summed E-state index contributed by atoms with van der Waals surface area (Å²) in [6.45, 7) is -1.59. The van der Waals surface area contributed by atoms with Gasteiger partial charge in [0.1, 0.15) is 53.8 Å². The van der Waals surface area contributed by atoms with Crippen LogP contribution in [0.2, 0.25) is 0 Å². The molecule has 79 heavy (non-hydrogen) atoms. The minimum Gasteiger partial charge on any atom is -0.479 e. The molecule has 4 aromatic rings. The summed E-state index contributed by atoms with van der Waals surface area (Å²) in [4.78, 5) is 111. The van der Waals surface area contributed by atoms with Crippen LogP contribution in [-0.4, -0.2) is 183 Å². The van der Waals surface area contributed by atoms with Gasteiger partial charge in [0.05, 0.1) is 53.6 Å². The second-order valence-electron chi connectivity index (χ2n) is 19.1. The number of carbonyl (C=O) groups excluding carboxylic acids is 6. The average Bonchev–Trinajstić information content (AvgIpc) is 3.86. The number of aliphatic hydroxyl groups excluding tert-OH is 3. The Morgan fingerprint density at radius 3 is 2.35 bits per heavy atom. The van der Waals surface area contributed by atoms with Gasteiger partial charge >= 0.3 is 18.0 Å². The fourth-order valence-electron chi connectivity index (χ4n) is 9.38. The number of aliphatic hydroxyl groups is 4. The van der Waals surface area contributed by atoms with E-state index in [2.05, 4.69) is 5.32 Å². The van der Waals surface area contributed by atoms with E-state index in [4.69, 9.17) is 38.1 Å². The first-order valence-electron chi connectivity index (χ1n) is 24.3. The van der Waals surface area contributed by atoms with Gasteiger partial charge in [0.25, 0.3) is 17.4 Å². The number of esters is 1. The van der Waals surface area contributed by atoms with Crippen LogP contribution in [0.3, 0.4) is 0 Å². The summed E-state index contributed by atoms with van der Waals surface area (Å²) in [5.41, 5.74) is -0.484. The number of likely N-dealkylation sites (N-methyl/N-ethyl adjacent to an activating group) is 1. The Balaban J connectivity index is 0.945. The molecule has 28 nitrogen and oxygen atoms in total. The first kappa shape index (κ1) is 55.7. The van der Waals surface area contributed by atoms with Crippen LogP contribution in [-0.2, 0) is 89.5 Å². The number of ether oxygens (including phenoxy) is 7. The van der Waals surface area contributed by atoms with Gasteiger partial charge in [-0.3, -0.25) is 33.8 Å². The molecule has 6 atom stereocenters. The molecule has 2 aromatic heterocycles. The number of amides is 5. The molecular weight excluding hydrogens is 1070 g/mol. The lowest BCUT2D eigenvalue weighted by atomic mass is 9.86. The molecule has 420 valence electrons. The molecule has 1 saturated heterocycles. The molecule has 9 rings (SSSR count). The quantitative estimate of drug-likeness (QED) is 0.0326. The molecule has 2 aromatic carbocycles. The zero-order valence-electron chi connectivity index (χ0n) is 42.3. The maximum Gasteiger partial charge on any atom is 0.411 e. The van der Waals surface area contributed by atoms with Crippen molar-refractivity contribution in [2.45, 2.75) is 82.4 Å². The number of nitrogens with zero attached hydrogens (tertiary/aromatic N) is 5. The molecule has 5 aliphatic rings. The van der Waals surface area contributed by atoms with E-state index in [1.54, 1.807) is 25.1 Å². The largest absolute Gasteiger partial charge is 0.479 e. The summed E-state index contributed by atoms with van der Waals surface area (Å²) in [5, 5.41) is 55.4. The molecule has 5 aliphatic heterocycles. The van der Waals surface area contributed by atoms with Crippen LogP contribution in [0, 0.1) is 0 Å². The molecule has 29 heteroatoms. The molecule has 1 fully saturated rings. The number of hydrogen-bond acceptors (Lipinski definition) is 22. The summed E-state index contributed by atoms with van der Waals surface area (Å²) in [6.07, 6.45) is -8.59.